The molecule has 4 aromatic rings. The van der Waals surface area contributed by atoms with Crippen LogP contribution in [0.4, 0.5) is 0 Å². The number of hydrogen-bond donors (Lipinski definition) is 1. The first kappa shape index (κ1) is 21.7. The Morgan fingerprint density at radius 3 is 1.62 bits per heavy atom. The van der Waals surface area contributed by atoms with Gasteiger partial charge in [0, 0.05) is 6.54 Å². The maximum atomic E-state index is 6.18. The summed E-state index contributed by atoms with van der Waals surface area (Å²) in [5, 5.41) is 3.53. The van der Waals surface area contributed by atoms with Crippen LogP contribution in [0.25, 0.3) is 0 Å². The summed E-state index contributed by atoms with van der Waals surface area (Å²) in [6.45, 7) is 2.73. The summed E-state index contributed by atoms with van der Waals surface area (Å²) >= 11 is 0. The van der Waals surface area contributed by atoms with E-state index in [1.807, 2.05) is 42.5 Å². The molecule has 1 N–H and O–H groups in total. The highest BCUT2D eigenvalue weighted by molar-refractivity contribution is 5.43. The zero-order chi connectivity index (χ0) is 21.8. The summed E-state index contributed by atoms with van der Waals surface area (Å²) in [5.41, 5.74) is 4.78. The highest BCUT2D eigenvalue weighted by Gasteiger charge is 2.08. The van der Waals surface area contributed by atoms with Crippen molar-refractivity contribution in [1.82, 2.24) is 5.32 Å². The summed E-state index contributed by atoms with van der Waals surface area (Å²) in [7, 11) is 0. The van der Waals surface area contributed by atoms with Crippen molar-refractivity contribution in [1.29, 1.82) is 0 Å². The molecule has 4 rings (SSSR count). The third-order valence-corrected chi connectivity index (χ3v) is 5.24. The van der Waals surface area contributed by atoms with Gasteiger partial charge in [0.2, 0.25) is 0 Å². The molecule has 0 amide bonds. The van der Waals surface area contributed by atoms with E-state index in [9.17, 15) is 0 Å². The Balaban J connectivity index is 1.39. The lowest BCUT2D eigenvalue weighted by Gasteiger charge is -2.15. The van der Waals surface area contributed by atoms with Crippen molar-refractivity contribution >= 4 is 0 Å². The fourth-order valence-corrected chi connectivity index (χ4v) is 3.48. The van der Waals surface area contributed by atoms with E-state index in [1.165, 1.54) is 11.1 Å². The molecule has 0 aliphatic carbocycles. The molecular formula is C29H29NO2. The minimum atomic E-state index is 0.507. The number of rotatable bonds is 11. The van der Waals surface area contributed by atoms with E-state index < -0.39 is 0 Å². The van der Waals surface area contributed by atoms with Gasteiger partial charge in [0.05, 0.1) is 0 Å². The standard InChI is InChI=1S/C29H29NO2/c1-4-10-24(11-5-1)18-19-30-21-27-16-17-28(31-22-25-12-6-2-7-13-25)29(20-27)32-23-26-14-8-3-9-15-26/h1-17,20,30H,18-19,21-23H2. The van der Waals surface area contributed by atoms with Crippen molar-refractivity contribution in [2.75, 3.05) is 6.54 Å². The monoisotopic (exact) mass is 423 g/mol. The van der Waals surface area contributed by atoms with Crippen LogP contribution in [0, 0.1) is 0 Å². The lowest BCUT2D eigenvalue weighted by Crippen LogP contribution is -2.16. The second-order valence-corrected chi connectivity index (χ2v) is 7.74. The molecule has 162 valence electrons. The van der Waals surface area contributed by atoms with E-state index in [0.29, 0.717) is 13.2 Å². The summed E-state index contributed by atoms with van der Waals surface area (Å²) in [6, 6.07) is 37.1. The molecule has 0 aliphatic rings. The molecule has 0 heterocycles. The third kappa shape index (κ3) is 6.73. The Bertz CT molecular complexity index is 1070. The third-order valence-electron chi connectivity index (χ3n) is 5.24. The largest absolute Gasteiger partial charge is 0.485 e. The Labute approximate surface area is 190 Å². The van der Waals surface area contributed by atoms with E-state index in [-0.39, 0.29) is 0 Å². The number of ether oxygens (including phenoxy) is 2. The molecule has 0 saturated heterocycles. The molecule has 0 saturated carbocycles. The summed E-state index contributed by atoms with van der Waals surface area (Å²) in [6.07, 6.45) is 1.01. The summed E-state index contributed by atoms with van der Waals surface area (Å²) in [5.74, 6) is 1.53. The van der Waals surface area contributed by atoms with Crippen molar-refractivity contribution in [2.45, 2.75) is 26.2 Å². The lowest BCUT2D eigenvalue weighted by molar-refractivity contribution is 0.255. The van der Waals surface area contributed by atoms with Crippen LogP contribution in [0.2, 0.25) is 0 Å². The molecule has 3 heteroatoms. The van der Waals surface area contributed by atoms with Gasteiger partial charge in [0.15, 0.2) is 11.5 Å². The molecule has 32 heavy (non-hydrogen) atoms. The van der Waals surface area contributed by atoms with E-state index >= 15 is 0 Å². The number of benzene rings is 4. The maximum Gasteiger partial charge on any atom is 0.162 e. The van der Waals surface area contributed by atoms with Crippen molar-refractivity contribution < 1.29 is 9.47 Å². The Morgan fingerprint density at radius 1 is 0.500 bits per heavy atom. The van der Waals surface area contributed by atoms with Crippen molar-refractivity contribution in [2.24, 2.45) is 0 Å². The van der Waals surface area contributed by atoms with E-state index in [4.69, 9.17) is 9.47 Å². The first-order valence-electron chi connectivity index (χ1n) is 11.1. The zero-order valence-corrected chi connectivity index (χ0v) is 18.2. The summed E-state index contributed by atoms with van der Waals surface area (Å²) in [4.78, 5) is 0. The van der Waals surface area contributed by atoms with Crippen LogP contribution in [-0.4, -0.2) is 6.54 Å². The number of hydrogen-bond acceptors (Lipinski definition) is 3. The van der Waals surface area contributed by atoms with Crippen molar-refractivity contribution in [3.63, 3.8) is 0 Å². The highest BCUT2D eigenvalue weighted by Crippen LogP contribution is 2.30. The smallest absolute Gasteiger partial charge is 0.162 e. The molecule has 0 spiro atoms. The van der Waals surface area contributed by atoms with E-state index in [1.54, 1.807) is 0 Å². The van der Waals surface area contributed by atoms with Gasteiger partial charge in [0.1, 0.15) is 13.2 Å². The summed E-state index contributed by atoms with van der Waals surface area (Å²) < 4.78 is 12.3. The zero-order valence-electron chi connectivity index (χ0n) is 18.2. The van der Waals surface area contributed by atoms with Crippen molar-refractivity contribution in [3.05, 3.63) is 131 Å². The topological polar surface area (TPSA) is 30.5 Å². The van der Waals surface area contributed by atoms with Crippen molar-refractivity contribution in [3.8, 4) is 11.5 Å². The molecule has 3 nitrogen and oxygen atoms in total. The predicted molar refractivity (Wildman–Crippen MR) is 130 cm³/mol. The Hall–Kier alpha value is -3.56. The van der Waals surface area contributed by atoms with Gasteiger partial charge in [-0.3, -0.25) is 0 Å². The van der Waals surface area contributed by atoms with E-state index in [0.717, 1.165) is 42.1 Å². The first-order chi connectivity index (χ1) is 15.9. The Kier molecular flexibility index (Phi) is 7.94. The average Bonchev–Trinajstić information content (AvgIpc) is 2.86. The molecule has 0 radical (unpaired) electrons. The fraction of sp³-hybridized carbons (Fsp3) is 0.172. The molecule has 4 aromatic carbocycles. The molecule has 0 fully saturated rings. The predicted octanol–water partition coefficient (Wildman–Crippen LogP) is 6.18. The van der Waals surface area contributed by atoms with Gasteiger partial charge in [-0.25, -0.2) is 0 Å². The Morgan fingerprint density at radius 2 is 1.03 bits per heavy atom. The van der Waals surface area contributed by atoms with Crippen LogP contribution in [0.3, 0.4) is 0 Å². The number of nitrogens with one attached hydrogen (secondary N) is 1. The average molecular weight is 424 g/mol. The van der Waals surface area contributed by atoms with Crippen LogP contribution >= 0.6 is 0 Å². The molecular weight excluding hydrogens is 394 g/mol. The van der Waals surface area contributed by atoms with Gasteiger partial charge in [-0.05, 0) is 47.4 Å². The van der Waals surface area contributed by atoms with Gasteiger partial charge in [0.25, 0.3) is 0 Å². The van der Waals surface area contributed by atoms with Gasteiger partial charge in [-0.1, -0.05) is 97.1 Å². The van der Waals surface area contributed by atoms with E-state index in [2.05, 4.69) is 72.0 Å². The van der Waals surface area contributed by atoms with Crippen LogP contribution in [0.15, 0.2) is 109 Å². The van der Waals surface area contributed by atoms with Gasteiger partial charge < -0.3 is 14.8 Å². The van der Waals surface area contributed by atoms with Gasteiger partial charge in [-0.2, -0.15) is 0 Å². The van der Waals surface area contributed by atoms with Crippen LogP contribution < -0.4 is 14.8 Å². The van der Waals surface area contributed by atoms with Crippen LogP contribution in [0.5, 0.6) is 11.5 Å². The maximum absolute atomic E-state index is 6.18. The molecule has 0 atom stereocenters. The molecule has 0 bridgehead atoms. The quantitative estimate of drug-likeness (QED) is 0.292. The first-order valence-corrected chi connectivity index (χ1v) is 11.1. The SMILES string of the molecule is c1ccc(CCNCc2ccc(OCc3ccccc3)c(OCc3ccccc3)c2)cc1. The van der Waals surface area contributed by atoms with Gasteiger partial charge in [-0.15, -0.1) is 0 Å². The molecule has 0 aliphatic heterocycles. The second-order valence-electron chi connectivity index (χ2n) is 7.74. The van der Waals surface area contributed by atoms with Crippen LogP contribution in [-0.2, 0) is 26.2 Å². The lowest BCUT2D eigenvalue weighted by atomic mass is 10.1. The van der Waals surface area contributed by atoms with Gasteiger partial charge >= 0.3 is 0 Å². The highest BCUT2D eigenvalue weighted by atomic mass is 16.5. The minimum absolute atomic E-state index is 0.507. The fourth-order valence-electron chi connectivity index (χ4n) is 3.48. The molecule has 0 unspecified atom stereocenters. The normalized spacial score (nSPS) is 10.6. The minimum Gasteiger partial charge on any atom is -0.485 e. The second kappa shape index (κ2) is 11.7. The van der Waals surface area contributed by atoms with Crippen LogP contribution in [0.1, 0.15) is 22.3 Å². The molecule has 0 aromatic heterocycles.